The molecular weight excluding hydrogens is 441 g/mol. The van der Waals surface area contributed by atoms with Gasteiger partial charge in [0, 0.05) is 30.9 Å². The largest absolute Gasteiger partial charge is 0.443 e. The van der Waals surface area contributed by atoms with Crippen LogP contribution in [0.15, 0.2) is 30.5 Å². The van der Waals surface area contributed by atoms with Gasteiger partial charge in [0.15, 0.2) is 0 Å². The normalized spacial score (nSPS) is 13.9. The van der Waals surface area contributed by atoms with E-state index in [1.807, 2.05) is 0 Å². The quantitative estimate of drug-likeness (QED) is 0.623. The van der Waals surface area contributed by atoms with Crippen LogP contribution in [-0.2, 0) is 28.0 Å². The van der Waals surface area contributed by atoms with Crippen molar-refractivity contribution < 1.29 is 27.1 Å². The molecule has 1 aliphatic rings. The minimum Gasteiger partial charge on any atom is -0.443 e. The van der Waals surface area contributed by atoms with Gasteiger partial charge in [0.05, 0.1) is 6.54 Å². The molecule has 0 spiro atoms. The molecule has 10 nitrogen and oxygen atoms in total. The highest BCUT2D eigenvalue weighted by molar-refractivity contribution is 7.88. The average Bonchev–Trinajstić information content (AvgIpc) is 2.65. The molecule has 12 heteroatoms. The van der Waals surface area contributed by atoms with E-state index in [0.717, 1.165) is 5.56 Å². The van der Waals surface area contributed by atoms with Crippen LogP contribution in [0, 0.1) is 5.82 Å². The van der Waals surface area contributed by atoms with Crippen LogP contribution in [0.2, 0.25) is 0 Å². The summed E-state index contributed by atoms with van der Waals surface area (Å²) in [5.74, 6) is -0.225. The molecule has 172 valence electrons. The fourth-order valence-electron chi connectivity index (χ4n) is 3.01. The second-order valence-corrected chi connectivity index (χ2v) is 9.71. The third kappa shape index (κ3) is 5.71. The molecule has 0 atom stereocenters. The van der Waals surface area contributed by atoms with Crippen LogP contribution in [0.1, 0.15) is 31.9 Å². The van der Waals surface area contributed by atoms with E-state index in [-0.39, 0.29) is 18.1 Å². The Bertz CT molecular complexity index is 1160. The minimum atomic E-state index is -4.25. The van der Waals surface area contributed by atoms with E-state index >= 15 is 0 Å². The number of ether oxygens (including phenoxy) is 1. The van der Waals surface area contributed by atoms with Crippen molar-refractivity contribution in [2.45, 2.75) is 39.5 Å². The Morgan fingerprint density at radius 3 is 2.69 bits per heavy atom. The molecule has 32 heavy (non-hydrogen) atoms. The van der Waals surface area contributed by atoms with Crippen molar-refractivity contribution in [3.8, 4) is 11.1 Å². The van der Waals surface area contributed by atoms with Crippen LogP contribution >= 0.6 is 0 Å². The number of nitrogens with one attached hydrogen (secondary N) is 3. The summed E-state index contributed by atoms with van der Waals surface area (Å²) in [6.45, 7) is 4.71. The van der Waals surface area contributed by atoms with Gasteiger partial charge in [-0.25, -0.2) is 23.7 Å². The summed E-state index contributed by atoms with van der Waals surface area (Å²) in [5, 5.41) is 2.67. The molecule has 2 aromatic rings. The third-order valence-corrected chi connectivity index (χ3v) is 5.42. The molecular formula is C20H24FN5O5S. The van der Waals surface area contributed by atoms with Crippen molar-refractivity contribution in [1.82, 2.24) is 19.3 Å². The number of pyridine rings is 1. The monoisotopic (exact) mass is 465 g/mol. The second-order valence-electron chi connectivity index (χ2n) is 8.21. The zero-order valence-electron chi connectivity index (χ0n) is 18.0. The van der Waals surface area contributed by atoms with E-state index in [0.29, 0.717) is 23.5 Å². The number of carbonyl (C=O) groups excluding carboxylic acids is 2. The molecule has 0 bridgehead atoms. The summed E-state index contributed by atoms with van der Waals surface area (Å²) < 4.78 is 47.5. The highest BCUT2D eigenvalue weighted by atomic mass is 32.2. The van der Waals surface area contributed by atoms with Crippen LogP contribution in [0.4, 0.5) is 19.8 Å². The first-order valence-electron chi connectivity index (χ1n) is 9.64. The number of hydrogen-bond donors (Lipinski definition) is 3. The Labute approximate surface area is 185 Å². The molecule has 0 saturated carbocycles. The Balaban J connectivity index is 1.74. The number of nitrogens with zero attached hydrogens (tertiary/aromatic N) is 2. The van der Waals surface area contributed by atoms with Gasteiger partial charge in [-0.15, -0.1) is 0 Å². The first-order valence-corrected chi connectivity index (χ1v) is 11.1. The Kier molecular flexibility index (Phi) is 6.37. The lowest BCUT2D eigenvalue weighted by molar-refractivity contribution is 0.0569. The first-order chi connectivity index (χ1) is 14.8. The van der Waals surface area contributed by atoms with Gasteiger partial charge < -0.3 is 9.64 Å². The molecule has 0 saturated heterocycles. The summed E-state index contributed by atoms with van der Waals surface area (Å²) in [6.07, 6.45) is 0.377. The van der Waals surface area contributed by atoms with Crippen molar-refractivity contribution in [3.05, 3.63) is 47.4 Å². The minimum absolute atomic E-state index is 0.0802. The zero-order valence-corrected chi connectivity index (χ0v) is 18.8. The summed E-state index contributed by atoms with van der Waals surface area (Å²) in [7, 11) is -2.61. The Morgan fingerprint density at radius 2 is 2.03 bits per heavy atom. The summed E-state index contributed by atoms with van der Waals surface area (Å²) in [4.78, 5) is 29.1. The maximum atomic E-state index is 14.7. The maximum Gasteiger partial charge on any atom is 0.422 e. The fraction of sp³-hybridized carbons (Fsp3) is 0.350. The molecule has 0 unspecified atom stereocenters. The van der Waals surface area contributed by atoms with E-state index < -0.39 is 27.7 Å². The number of anilines is 1. The van der Waals surface area contributed by atoms with E-state index in [4.69, 9.17) is 4.74 Å². The molecule has 3 N–H and O–H groups in total. The SMILES string of the molecule is CN1Cc2c(-c3ccc(CNS(=O)(=O)NC(=O)OC(C)(C)C)c(F)c3)ccnc2NC1=O. The van der Waals surface area contributed by atoms with E-state index in [9.17, 15) is 22.4 Å². The zero-order chi connectivity index (χ0) is 23.7. The van der Waals surface area contributed by atoms with Gasteiger partial charge >= 0.3 is 22.3 Å². The lowest BCUT2D eigenvalue weighted by atomic mass is 9.98. The van der Waals surface area contributed by atoms with Crippen molar-refractivity contribution >= 4 is 28.2 Å². The lowest BCUT2D eigenvalue weighted by Gasteiger charge is -2.27. The van der Waals surface area contributed by atoms with Crippen molar-refractivity contribution in [1.29, 1.82) is 0 Å². The standard InChI is InChI=1S/C20H24FN5O5S/c1-20(2,3)31-19(28)25-32(29,30)23-10-13-6-5-12(9-16(13)21)14-7-8-22-17-15(14)11-26(4)18(27)24-17/h5-9,23H,10-11H2,1-4H3,(H,25,28)(H,22,24,27). The highest BCUT2D eigenvalue weighted by Gasteiger charge is 2.24. The number of hydrogen-bond acceptors (Lipinski definition) is 6. The second kappa shape index (κ2) is 8.71. The van der Waals surface area contributed by atoms with Crippen LogP contribution in [0.5, 0.6) is 0 Å². The molecule has 3 amide bonds. The van der Waals surface area contributed by atoms with Crippen LogP contribution < -0.4 is 14.8 Å². The topological polar surface area (TPSA) is 130 Å². The molecule has 1 aliphatic heterocycles. The summed E-state index contributed by atoms with van der Waals surface area (Å²) >= 11 is 0. The maximum absolute atomic E-state index is 14.7. The van der Waals surface area contributed by atoms with E-state index in [2.05, 4.69) is 15.0 Å². The van der Waals surface area contributed by atoms with Gasteiger partial charge in [-0.3, -0.25) is 5.32 Å². The smallest absolute Gasteiger partial charge is 0.422 e. The summed E-state index contributed by atoms with van der Waals surface area (Å²) in [5.41, 5.74) is 1.19. The number of rotatable bonds is 5. The van der Waals surface area contributed by atoms with E-state index in [1.165, 1.54) is 23.2 Å². The Hall–Kier alpha value is -3.25. The number of amides is 3. The number of aromatic nitrogens is 1. The van der Waals surface area contributed by atoms with Gasteiger partial charge in [-0.2, -0.15) is 13.1 Å². The predicted octanol–water partition coefficient (Wildman–Crippen LogP) is 2.72. The van der Waals surface area contributed by atoms with Crippen LogP contribution in [-0.4, -0.2) is 43.1 Å². The predicted molar refractivity (Wildman–Crippen MR) is 115 cm³/mol. The lowest BCUT2D eigenvalue weighted by Crippen LogP contribution is -2.42. The molecule has 1 aromatic heterocycles. The highest BCUT2D eigenvalue weighted by Crippen LogP contribution is 2.32. The molecule has 0 aliphatic carbocycles. The molecule has 0 radical (unpaired) electrons. The van der Waals surface area contributed by atoms with Crippen LogP contribution in [0.3, 0.4) is 0 Å². The number of halogens is 1. The van der Waals surface area contributed by atoms with Gasteiger partial charge in [0.25, 0.3) is 0 Å². The van der Waals surface area contributed by atoms with Gasteiger partial charge in [-0.05, 0) is 44.0 Å². The van der Waals surface area contributed by atoms with Crippen molar-refractivity contribution in [2.75, 3.05) is 12.4 Å². The van der Waals surface area contributed by atoms with Gasteiger partial charge in [-0.1, -0.05) is 12.1 Å². The summed E-state index contributed by atoms with van der Waals surface area (Å²) in [6, 6.07) is 5.79. The molecule has 0 fully saturated rings. The van der Waals surface area contributed by atoms with Gasteiger partial charge in [0.1, 0.15) is 17.2 Å². The molecule has 1 aromatic carbocycles. The van der Waals surface area contributed by atoms with Crippen molar-refractivity contribution in [3.63, 3.8) is 0 Å². The molecule has 3 rings (SSSR count). The van der Waals surface area contributed by atoms with Crippen molar-refractivity contribution in [2.24, 2.45) is 0 Å². The first kappa shape index (κ1) is 23.4. The fourth-order valence-corrected chi connectivity index (χ4v) is 3.69. The average molecular weight is 466 g/mol. The van der Waals surface area contributed by atoms with E-state index in [1.54, 1.807) is 44.7 Å². The number of carbonyl (C=O) groups is 2. The molecule has 2 heterocycles. The number of fused-ring (bicyclic) bond motifs is 1. The Morgan fingerprint density at radius 1 is 1.31 bits per heavy atom. The number of benzene rings is 1. The number of urea groups is 1. The van der Waals surface area contributed by atoms with Crippen LogP contribution in [0.25, 0.3) is 11.1 Å². The third-order valence-electron chi connectivity index (χ3n) is 4.46. The van der Waals surface area contributed by atoms with Gasteiger partial charge in [0.2, 0.25) is 0 Å².